The van der Waals surface area contributed by atoms with Crippen LogP contribution in [-0.2, 0) is 0 Å². The molecule has 5 unspecified atom stereocenters. The van der Waals surface area contributed by atoms with Crippen molar-refractivity contribution in [3.8, 4) is 0 Å². The third kappa shape index (κ3) is 2.16. The topological polar surface area (TPSA) is 0 Å². The fourth-order valence-corrected chi connectivity index (χ4v) is 9.08. The van der Waals surface area contributed by atoms with Crippen molar-refractivity contribution in [2.75, 3.05) is 0 Å². The van der Waals surface area contributed by atoms with Crippen molar-refractivity contribution in [3.05, 3.63) is 12.2 Å². The van der Waals surface area contributed by atoms with Gasteiger partial charge in [-0.3, -0.25) is 0 Å². The first-order chi connectivity index (χ1) is 11.7. The molecule has 5 saturated carbocycles. The summed E-state index contributed by atoms with van der Waals surface area (Å²) in [4.78, 5) is 0. The van der Waals surface area contributed by atoms with Crippen molar-refractivity contribution in [1.29, 1.82) is 0 Å². The number of hydrogen-bond donors (Lipinski definition) is 0. The van der Waals surface area contributed by atoms with Crippen molar-refractivity contribution in [2.45, 2.75) is 78.1 Å². The Morgan fingerprint density at radius 3 is 1.50 bits per heavy atom. The SMILES string of the molecule is C=C1C2C(CC3CCCC[C@@H]3[C@@H]2C)C2C[C@H]3CCCC[C@H]3[C@@H](C)C12. The molecule has 5 fully saturated rings. The zero-order chi connectivity index (χ0) is 16.4. The van der Waals surface area contributed by atoms with Gasteiger partial charge in [-0.2, -0.15) is 0 Å². The summed E-state index contributed by atoms with van der Waals surface area (Å²) in [5.74, 6) is 9.89. The molecule has 0 aromatic rings. The number of hydrogen-bond acceptors (Lipinski definition) is 0. The van der Waals surface area contributed by atoms with Crippen LogP contribution in [0.1, 0.15) is 78.1 Å². The average Bonchev–Trinajstić information content (AvgIpc) is 2.88. The normalized spacial score (nSPS) is 56.8. The van der Waals surface area contributed by atoms with Gasteiger partial charge < -0.3 is 0 Å². The Balaban J connectivity index is 1.46. The van der Waals surface area contributed by atoms with Crippen LogP contribution in [0, 0.1) is 59.2 Å². The first kappa shape index (κ1) is 16.0. The van der Waals surface area contributed by atoms with Gasteiger partial charge in [0.2, 0.25) is 0 Å². The fourth-order valence-electron chi connectivity index (χ4n) is 9.08. The molecule has 0 radical (unpaired) electrons. The smallest absolute Gasteiger partial charge is 0.0143 e. The lowest BCUT2D eigenvalue weighted by Gasteiger charge is -2.50. The Hall–Kier alpha value is -0.260. The lowest BCUT2D eigenvalue weighted by atomic mass is 9.55. The Morgan fingerprint density at radius 1 is 0.625 bits per heavy atom. The van der Waals surface area contributed by atoms with Crippen LogP contribution in [0.15, 0.2) is 12.2 Å². The van der Waals surface area contributed by atoms with E-state index in [0.717, 1.165) is 59.2 Å². The van der Waals surface area contributed by atoms with E-state index in [1.807, 2.05) is 0 Å². The Kier molecular flexibility index (Phi) is 3.91. The summed E-state index contributed by atoms with van der Waals surface area (Å²) in [5.41, 5.74) is 1.73. The summed E-state index contributed by atoms with van der Waals surface area (Å²) < 4.78 is 0. The minimum absolute atomic E-state index is 0.891. The highest BCUT2D eigenvalue weighted by Gasteiger charge is 2.58. The maximum atomic E-state index is 4.80. The zero-order valence-corrected chi connectivity index (χ0v) is 16.1. The summed E-state index contributed by atoms with van der Waals surface area (Å²) in [6, 6.07) is 0. The highest BCUT2D eigenvalue weighted by Crippen LogP contribution is 2.65. The van der Waals surface area contributed by atoms with Crippen LogP contribution in [0.3, 0.4) is 0 Å². The number of fused-ring (bicyclic) bond motifs is 5. The van der Waals surface area contributed by atoms with Gasteiger partial charge in [0.1, 0.15) is 0 Å². The molecule has 134 valence electrons. The number of rotatable bonds is 0. The van der Waals surface area contributed by atoms with Gasteiger partial charge >= 0.3 is 0 Å². The quantitative estimate of drug-likeness (QED) is 0.434. The standard InChI is InChI=1S/C24H38/c1-14-19-10-6-4-8-17(19)12-21-22-13-18-9-5-7-11-20(18)15(2)24(22)16(3)23(14)21/h14-15,17-24H,3-13H2,1-2H3/t14-,15+,17-,18?,19+,20-,21?,22?,23?,24?/m1/s1. The molecule has 5 rings (SSSR count). The third-order valence-electron chi connectivity index (χ3n) is 9.90. The lowest BCUT2D eigenvalue weighted by Crippen LogP contribution is -2.42. The first-order valence-corrected chi connectivity index (χ1v) is 11.4. The molecule has 10 atom stereocenters. The molecule has 0 nitrogen and oxygen atoms in total. The molecule has 0 saturated heterocycles. The molecule has 5 aliphatic rings. The minimum Gasteiger partial charge on any atom is -0.0993 e. The van der Waals surface area contributed by atoms with Gasteiger partial charge in [0.15, 0.2) is 0 Å². The predicted molar refractivity (Wildman–Crippen MR) is 102 cm³/mol. The van der Waals surface area contributed by atoms with Gasteiger partial charge in [-0.05, 0) is 84.9 Å². The summed E-state index contributed by atoms with van der Waals surface area (Å²) >= 11 is 0. The molecule has 0 heterocycles. The molecule has 0 bridgehead atoms. The van der Waals surface area contributed by atoms with E-state index in [1.54, 1.807) is 31.3 Å². The Bertz CT molecular complexity index is 460. The molecule has 5 aliphatic carbocycles. The van der Waals surface area contributed by atoms with Gasteiger partial charge in [-0.25, -0.2) is 0 Å². The molecule has 0 aliphatic heterocycles. The molecule has 0 amide bonds. The van der Waals surface area contributed by atoms with Crippen LogP contribution < -0.4 is 0 Å². The zero-order valence-electron chi connectivity index (χ0n) is 16.1. The predicted octanol–water partition coefficient (Wildman–Crippen LogP) is 6.71. The van der Waals surface area contributed by atoms with E-state index in [9.17, 15) is 0 Å². The third-order valence-corrected chi connectivity index (χ3v) is 9.90. The largest absolute Gasteiger partial charge is 0.0993 e. The maximum Gasteiger partial charge on any atom is -0.0143 e. The van der Waals surface area contributed by atoms with Gasteiger partial charge in [-0.1, -0.05) is 64.5 Å². The van der Waals surface area contributed by atoms with Crippen LogP contribution in [0.4, 0.5) is 0 Å². The van der Waals surface area contributed by atoms with E-state index >= 15 is 0 Å². The van der Waals surface area contributed by atoms with E-state index in [0.29, 0.717) is 0 Å². The highest BCUT2D eigenvalue weighted by molar-refractivity contribution is 5.23. The minimum atomic E-state index is 0.891. The van der Waals surface area contributed by atoms with Crippen LogP contribution in [0.25, 0.3) is 0 Å². The first-order valence-electron chi connectivity index (χ1n) is 11.4. The maximum absolute atomic E-state index is 4.80. The van der Waals surface area contributed by atoms with Crippen molar-refractivity contribution in [1.82, 2.24) is 0 Å². The van der Waals surface area contributed by atoms with Gasteiger partial charge in [0.25, 0.3) is 0 Å². The number of allylic oxidation sites excluding steroid dienone is 1. The molecule has 0 heteroatoms. The van der Waals surface area contributed by atoms with Crippen LogP contribution >= 0.6 is 0 Å². The Morgan fingerprint density at radius 2 is 1.04 bits per heavy atom. The molecular formula is C24H38. The summed E-state index contributed by atoms with van der Waals surface area (Å²) in [6.45, 7) is 10.0. The Labute approximate surface area is 149 Å². The van der Waals surface area contributed by atoms with E-state index in [2.05, 4.69) is 13.8 Å². The van der Waals surface area contributed by atoms with E-state index in [1.165, 1.54) is 38.5 Å². The molecular weight excluding hydrogens is 288 g/mol. The average molecular weight is 327 g/mol. The summed E-state index contributed by atoms with van der Waals surface area (Å²) in [7, 11) is 0. The fraction of sp³-hybridized carbons (Fsp3) is 0.917. The van der Waals surface area contributed by atoms with Crippen LogP contribution in [0.2, 0.25) is 0 Å². The monoisotopic (exact) mass is 326 g/mol. The lowest BCUT2D eigenvalue weighted by molar-refractivity contribution is -0.00725. The summed E-state index contributed by atoms with van der Waals surface area (Å²) in [6.07, 6.45) is 15.3. The van der Waals surface area contributed by atoms with Crippen LogP contribution in [-0.4, -0.2) is 0 Å². The second-order valence-corrected chi connectivity index (χ2v) is 10.6. The second-order valence-electron chi connectivity index (χ2n) is 10.6. The highest BCUT2D eigenvalue weighted by atomic mass is 14.6. The van der Waals surface area contributed by atoms with E-state index in [4.69, 9.17) is 6.58 Å². The van der Waals surface area contributed by atoms with Gasteiger partial charge in [-0.15, -0.1) is 0 Å². The van der Waals surface area contributed by atoms with Crippen molar-refractivity contribution in [2.24, 2.45) is 59.2 Å². The van der Waals surface area contributed by atoms with Crippen molar-refractivity contribution in [3.63, 3.8) is 0 Å². The van der Waals surface area contributed by atoms with Crippen LogP contribution in [0.5, 0.6) is 0 Å². The molecule has 0 aromatic carbocycles. The van der Waals surface area contributed by atoms with Gasteiger partial charge in [0, 0.05) is 0 Å². The van der Waals surface area contributed by atoms with Gasteiger partial charge in [0.05, 0.1) is 0 Å². The molecule has 0 N–H and O–H groups in total. The van der Waals surface area contributed by atoms with E-state index in [-0.39, 0.29) is 0 Å². The molecule has 24 heavy (non-hydrogen) atoms. The molecule has 0 spiro atoms. The van der Waals surface area contributed by atoms with E-state index < -0.39 is 0 Å². The second kappa shape index (κ2) is 5.88. The van der Waals surface area contributed by atoms with Crippen molar-refractivity contribution >= 4 is 0 Å². The van der Waals surface area contributed by atoms with Crippen molar-refractivity contribution < 1.29 is 0 Å². The summed E-state index contributed by atoms with van der Waals surface area (Å²) in [5, 5.41) is 0. The molecule has 0 aromatic heterocycles.